The zero-order valence-corrected chi connectivity index (χ0v) is 42.2. The third-order valence-electron chi connectivity index (χ3n) is 11.1. The molecule has 3 aliphatic rings. The Bertz CT molecular complexity index is 2710. The highest BCUT2D eigenvalue weighted by atomic mass is 32.2. The summed E-state index contributed by atoms with van der Waals surface area (Å²) in [5.41, 5.74) is 6.42. The number of Topliss-reactive ketones (excluding diaryl/α,β-unsaturated/α-hetero) is 1. The summed E-state index contributed by atoms with van der Waals surface area (Å²) in [5, 5.41) is 5.98. The number of benzene rings is 2. The van der Waals surface area contributed by atoms with Crippen molar-refractivity contribution in [1.29, 1.82) is 0 Å². The number of anilines is 1. The summed E-state index contributed by atoms with van der Waals surface area (Å²) in [7, 11) is 1.57. The molecule has 7 rings (SSSR count). The predicted molar refractivity (Wildman–Crippen MR) is 259 cm³/mol. The number of aryl methyl sites for hydroxylation is 1. The number of oxime groups is 1. The number of carbonyl (C=O) groups is 5. The van der Waals surface area contributed by atoms with Crippen molar-refractivity contribution in [3.8, 4) is 5.75 Å². The molecule has 69 heavy (non-hydrogen) atoms. The van der Waals surface area contributed by atoms with Gasteiger partial charge in [-0.2, -0.15) is 4.99 Å². The molecule has 366 valence electrons. The highest BCUT2D eigenvalue weighted by Gasteiger charge is 2.55. The van der Waals surface area contributed by atoms with E-state index in [2.05, 4.69) is 24.7 Å². The molecule has 0 radical (unpaired) electrons. The molecule has 3 aliphatic heterocycles. The minimum absolute atomic E-state index is 0.0410. The minimum Gasteiger partial charge on any atom is -0.497 e. The molecule has 18 nitrogen and oxygen atoms in total. The molecule has 20 heteroatoms. The number of rotatable bonds is 16. The van der Waals surface area contributed by atoms with Crippen molar-refractivity contribution in [3.05, 3.63) is 105 Å². The van der Waals surface area contributed by atoms with Crippen LogP contribution in [-0.2, 0) is 64.5 Å². The summed E-state index contributed by atoms with van der Waals surface area (Å²) in [6, 6.07) is 16.7. The van der Waals surface area contributed by atoms with Crippen molar-refractivity contribution in [2.24, 2.45) is 21.8 Å². The number of aromatic nitrogens is 3. The van der Waals surface area contributed by atoms with Gasteiger partial charge in [0.2, 0.25) is 11.5 Å². The van der Waals surface area contributed by atoms with Crippen LogP contribution in [0.3, 0.4) is 0 Å². The van der Waals surface area contributed by atoms with Gasteiger partial charge in [-0.25, -0.2) is 19.4 Å². The third-order valence-corrected chi connectivity index (χ3v) is 13.3. The second-order valence-electron chi connectivity index (χ2n) is 19.3. The van der Waals surface area contributed by atoms with E-state index in [1.165, 1.54) is 41.8 Å². The number of hydrogen-bond donors (Lipinski definition) is 1. The van der Waals surface area contributed by atoms with Gasteiger partial charge in [-0.15, -0.1) is 32.5 Å². The SMILES string of the molecule is COc1ccc(COC(=O)C2=C(C[n+]3ccc4n3CCN4Cc3ccc(C(N)=NC(=O)OC(C)(C)C)cc3)CS[C@@H]3[C@H](CC(=O)/C(=N\OC(C)(C)C(=O)OC(C)(C)C)c4csc(C)n4)C(=O)N23)cc1. The lowest BCUT2D eigenvalue weighted by Crippen LogP contribution is -2.62. The van der Waals surface area contributed by atoms with Gasteiger partial charge in [-0.1, -0.05) is 41.6 Å². The molecule has 1 fully saturated rings. The first kappa shape index (κ1) is 50.3. The summed E-state index contributed by atoms with van der Waals surface area (Å²) in [5.74, 6) is -0.947. The second kappa shape index (κ2) is 20.2. The maximum atomic E-state index is 14.3. The Kier molecular flexibility index (Phi) is 14.7. The van der Waals surface area contributed by atoms with E-state index in [0.717, 1.165) is 23.5 Å². The zero-order chi connectivity index (χ0) is 50.0. The van der Waals surface area contributed by atoms with Crippen molar-refractivity contribution in [3.63, 3.8) is 0 Å². The number of fused-ring (bicyclic) bond motifs is 2. The van der Waals surface area contributed by atoms with Crippen LogP contribution >= 0.6 is 23.1 Å². The highest BCUT2D eigenvalue weighted by molar-refractivity contribution is 8.00. The number of aliphatic imine (C=N–C) groups is 1. The average molecular weight is 984 g/mol. The number of thiazole rings is 1. The standard InChI is InChI=1S/C49H58N8O10S2/c1-29-51-36(28-68-29)39(53-67-49(8,9)45(61)65-47(2,3)4)37(58)23-35-42(59)57-40(44(60)64-26-31-13-17-34(63-10)18-14-31)33(27-69-43(35)57)25-55-20-19-38-54(21-22-56(38)55)24-30-11-15-32(16-12-30)41(50)52-46(62)66-48(5,6)7/h11-20,28,35,43H,21-27H2,1-10H3,(H-,50,52,62)/p+1/b53-39-/t35-,43-/m1/s1. The summed E-state index contributed by atoms with van der Waals surface area (Å²) < 4.78 is 26.1. The summed E-state index contributed by atoms with van der Waals surface area (Å²) in [6.45, 7) is 17.5. The molecule has 5 heterocycles. The molecule has 0 saturated carbocycles. The number of esters is 2. The normalized spacial score (nSPS) is 17.5. The van der Waals surface area contributed by atoms with Crippen LogP contribution in [0.25, 0.3) is 0 Å². The van der Waals surface area contributed by atoms with Crippen LogP contribution in [0, 0.1) is 12.8 Å². The number of β-lactam (4-membered cyclic amide) rings is 1. The van der Waals surface area contributed by atoms with Crippen LogP contribution in [0.2, 0.25) is 0 Å². The van der Waals surface area contributed by atoms with Crippen molar-refractivity contribution < 1.29 is 52.4 Å². The lowest BCUT2D eigenvalue weighted by Gasteiger charge is -2.49. The molecule has 0 unspecified atom stereocenters. The van der Waals surface area contributed by atoms with Gasteiger partial charge in [0.25, 0.3) is 0 Å². The van der Waals surface area contributed by atoms with Gasteiger partial charge in [-0.05, 0) is 85.6 Å². The number of ketones is 1. The van der Waals surface area contributed by atoms with E-state index in [0.29, 0.717) is 47.3 Å². The molecule has 0 aliphatic carbocycles. The minimum atomic E-state index is -1.55. The Hall–Kier alpha value is -6.54. The van der Waals surface area contributed by atoms with E-state index in [9.17, 15) is 24.0 Å². The molecule has 2 amide bonds. The molecular weight excluding hydrogens is 925 g/mol. The number of ether oxygens (including phenoxy) is 4. The van der Waals surface area contributed by atoms with Gasteiger partial charge in [0, 0.05) is 41.8 Å². The molecule has 2 aromatic heterocycles. The molecule has 4 aromatic rings. The Morgan fingerprint density at radius 1 is 0.913 bits per heavy atom. The monoisotopic (exact) mass is 983 g/mol. The van der Waals surface area contributed by atoms with Gasteiger partial charge in [0.1, 0.15) is 40.8 Å². The Morgan fingerprint density at radius 2 is 1.59 bits per heavy atom. The van der Waals surface area contributed by atoms with Crippen LogP contribution in [0.5, 0.6) is 5.75 Å². The van der Waals surface area contributed by atoms with E-state index in [-0.39, 0.29) is 36.0 Å². The summed E-state index contributed by atoms with van der Waals surface area (Å²) in [4.78, 5) is 85.6. The topological polar surface area (TPSA) is 210 Å². The van der Waals surface area contributed by atoms with Crippen LogP contribution in [0.15, 0.2) is 87.6 Å². The number of nitrogens with two attached hydrogens (primary N) is 1. The van der Waals surface area contributed by atoms with Crippen LogP contribution in [0.4, 0.5) is 10.6 Å². The van der Waals surface area contributed by atoms with Gasteiger partial charge in [0.15, 0.2) is 30.1 Å². The Balaban J connectivity index is 1.09. The average Bonchev–Trinajstić information content (AvgIpc) is 4.01. The molecule has 1 saturated heterocycles. The largest absolute Gasteiger partial charge is 0.497 e. The Labute approximate surface area is 409 Å². The van der Waals surface area contributed by atoms with Crippen molar-refractivity contribution in [1.82, 2.24) is 14.6 Å². The summed E-state index contributed by atoms with van der Waals surface area (Å²) >= 11 is 2.79. The number of methoxy groups -OCH3 is 1. The quantitative estimate of drug-likeness (QED) is 0.0251. The number of thioether (sulfide) groups is 1. The Morgan fingerprint density at radius 3 is 2.23 bits per heavy atom. The van der Waals surface area contributed by atoms with E-state index in [4.69, 9.17) is 29.5 Å². The second-order valence-corrected chi connectivity index (χ2v) is 21.5. The number of amides is 2. The van der Waals surface area contributed by atoms with Crippen molar-refractivity contribution >= 4 is 70.2 Å². The maximum absolute atomic E-state index is 14.3. The highest BCUT2D eigenvalue weighted by Crippen LogP contribution is 2.46. The third kappa shape index (κ3) is 12.0. The van der Waals surface area contributed by atoms with Crippen LogP contribution in [-0.4, -0.2) is 97.4 Å². The van der Waals surface area contributed by atoms with E-state index >= 15 is 0 Å². The maximum Gasteiger partial charge on any atom is 0.436 e. The molecular formula is C49H59N8O10S2+. The smallest absolute Gasteiger partial charge is 0.436 e. The first-order chi connectivity index (χ1) is 32.5. The van der Waals surface area contributed by atoms with Gasteiger partial charge in [-0.3, -0.25) is 14.5 Å². The first-order valence-corrected chi connectivity index (χ1v) is 24.4. The lowest BCUT2D eigenvalue weighted by atomic mass is 9.89. The molecule has 0 bridgehead atoms. The van der Waals surface area contributed by atoms with Crippen LogP contribution < -0.4 is 20.1 Å². The van der Waals surface area contributed by atoms with Gasteiger partial charge >= 0.3 is 18.0 Å². The van der Waals surface area contributed by atoms with E-state index < -0.39 is 57.8 Å². The van der Waals surface area contributed by atoms with Gasteiger partial charge in [0.05, 0.1) is 36.0 Å². The fraction of sp³-hybridized carbons (Fsp3) is 0.449. The fourth-order valence-corrected chi connectivity index (χ4v) is 9.71. The number of carbonyl (C=O) groups excluding carboxylic acids is 5. The first-order valence-electron chi connectivity index (χ1n) is 22.4. The molecule has 2 aromatic carbocycles. The van der Waals surface area contributed by atoms with Crippen LogP contribution in [0.1, 0.15) is 89.2 Å². The fourth-order valence-electron chi connectivity index (χ4n) is 7.71. The van der Waals surface area contributed by atoms with Crippen molar-refractivity contribution in [2.75, 3.05) is 24.3 Å². The zero-order valence-electron chi connectivity index (χ0n) is 40.6. The number of hydrogen-bond acceptors (Lipinski definition) is 15. The lowest BCUT2D eigenvalue weighted by molar-refractivity contribution is -0.766. The van der Waals surface area contributed by atoms with Gasteiger partial charge < -0.3 is 34.4 Å². The summed E-state index contributed by atoms with van der Waals surface area (Å²) in [6.07, 6.45) is 0.958. The van der Waals surface area contributed by atoms with E-state index in [1.807, 2.05) is 41.2 Å². The molecule has 2 atom stereocenters. The predicted octanol–water partition coefficient (Wildman–Crippen LogP) is 6.24. The number of amidine groups is 1. The molecule has 2 N–H and O–H groups in total. The van der Waals surface area contributed by atoms with Crippen molar-refractivity contribution in [2.45, 2.75) is 117 Å². The molecule has 0 spiro atoms. The van der Waals surface area contributed by atoms with E-state index in [1.54, 1.807) is 85.2 Å². The number of nitrogens with zero attached hydrogens (tertiary/aromatic N) is 7.